The lowest BCUT2D eigenvalue weighted by atomic mass is 10.0. The van der Waals surface area contributed by atoms with Gasteiger partial charge in [-0.15, -0.1) is 0 Å². The highest BCUT2D eigenvalue weighted by Gasteiger charge is 2.36. The van der Waals surface area contributed by atoms with E-state index in [1.807, 2.05) is 0 Å². The van der Waals surface area contributed by atoms with Crippen molar-refractivity contribution in [1.82, 2.24) is 0 Å². The number of rotatable bonds is 84. The molecule has 0 radical (unpaired) electrons. The van der Waals surface area contributed by atoms with E-state index in [2.05, 4.69) is 111 Å². The van der Waals surface area contributed by atoms with Gasteiger partial charge < -0.3 is 18.8 Å². The molecular weight excluding hydrogens is 1400 g/mol. The first kappa shape index (κ1) is 125. The first-order chi connectivity index (χ1) is 51.0. The summed E-state index contributed by atoms with van der Waals surface area (Å²) in [5, 5.41) is 0. The lowest BCUT2D eigenvalue weighted by molar-refractivity contribution is -0.00100. The van der Waals surface area contributed by atoms with Crippen LogP contribution < -0.4 is 18.8 Å². The molecule has 0 saturated heterocycles. The molecule has 664 valence electrons. The zero-order valence-electron chi connectivity index (χ0n) is 78.7. The SMILES string of the molecule is CCCCCCCCCCCCCCCC[P+](CCC)(CCC)CCC.CCCCCCCCCCCCCCCC[P+](CCC)(CCC)CCC.CCCCCCCCCCCCCCCC[P+](CCC)(CCC)CCC.CCCCCCCCCCCCCCCC[P+](CCC)(CCC)CCC.[F-].[F-].[F-].[F-]. The predicted molar refractivity (Wildman–Crippen MR) is 510 cm³/mol. The molecular formula is C100H216F4P4. The Bertz CT molecular complexity index is 1220. The molecule has 0 unspecified atom stereocenters. The maximum absolute atomic E-state index is 2.41. The summed E-state index contributed by atoms with van der Waals surface area (Å²) in [4.78, 5) is 0. The second kappa shape index (κ2) is 105. The van der Waals surface area contributed by atoms with Crippen molar-refractivity contribution in [1.29, 1.82) is 0 Å². The van der Waals surface area contributed by atoms with Gasteiger partial charge in [-0.3, -0.25) is 0 Å². The van der Waals surface area contributed by atoms with Gasteiger partial charge in [0.2, 0.25) is 0 Å². The lowest BCUT2D eigenvalue weighted by Gasteiger charge is -2.27. The van der Waals surface area contributed by atoms with Crippen LogP contribution in [0.3, 0.4) is 0 Å². The molecule has 0 fully saturated rings. The summed E-state index contributed by atoms with van der Waals surface area (Å²) in [7, 11) is -2.32. The van der Waals surface area contributed by atoms with Gasteiger partial charge in [0.1, 0.15) is 0 Å². The number of hydrogen-bond donors (Lipinski definition) is 0. The molecule has 0 bridgehead atoms. The molecule has 108 heavy (non-hydrogen) atoms. The summed E-state index contributed by atoms with van der Waals surface area (Å²) in [6.07, 6.45) is 125. The fourth-order valence-electron chi connectivity index (χ4n) is 18.9. The van der Waals surface area contributed by atoms with Gasteiger partial charge in [-0.1, -0.05) is 419 Å². The summed E-state index contributed by atoms with van der Waals surface area (Å²) in [5.74, 6) is 0. The molecule has 0 rings (SSSR count). The van der Waals surface area contributed by atoms with Crippen molar-refractivity contribution < 1.29 is 18.8 Å². The van der Waals surface area contributed by atoms with Crippen LogP contribution in [0.25, 0.3) is 0 Å². The van der Waals surface area contributed by atoms with Crippen LogP contribution in [0.2, 0.25) is 0 Å². The summed E-state index contributed by atoms with van der Waals surface area (Å²) >= 11 is 0. The Morgan fingerprint density at radius 1 is 0.0833 bits per heavy atom. The Kier molecular flexibility index (Phi) is 121. The van der Waals surface area contributed by atoms with E-state index in [9.17, 15) is 0 Å². The molecule has 0 spiro atoms. The third kappa shape index (κ3) is 88.3. The van der Waals surface area contributed by atoms with E-state index in [-0.39, 0.29) is 18.8 Å². The fourth-order valence-corrected chi connectivity index (χ4v) is 39.3. The molecule has 0 aromatic heterocycles. The van der Waals surface area contributed by atoms with Crippen LogP contribution in [0.1, 0.15) is 547 Å². The minimum atomic E-state index is -0.581. The van der Waals surface area contributed by atoms with E-state index in [4.69, 9.17) is 0 Å². The minimum Gasteiger partial charge on any atom is -1.00 e. The first-order valence-corrected chi connectivity index (χ1v) is 60.5. The summed E-state index contributed by atoms with van der Waals surface area (Å²) in [5.41, 5.74) is 0. The Labute approximate surface area is 689 Å². The third-order valence-corrected chi connectivity index (χ3v) is 46.1. The molecule has 0 aliphatic heterocycles. The van der Waals surface area contributed by atoms with Crippen LogP contribution in [0.15, 0.2) is 0 Å². The molecule has 0 amide bonds. The zero-order chi connectivity index (χ0) is 77.4. The Morgan fingerprint density at radius 3 is 0.231 bits per heavy atom. The van der Waals surface area contributed by atoms with Gasteiger partial charge in [0.05, 0.1) is 98.6 Å². The monoisotopic (exact) mass is 1620 g/mol. The maximum atomic E-state index is 2.41. The smallest absolute Gasteiger partial charge is 0.0594 e. The summed E-state index contributed by atoms with van der Waals surface area (Å²) in [6, 6.07) is 0. The average Bonchev–Trinajstić information content (AvgIpc) is 0.905. The molecule has 0 aromatic carbocycles. The standard InChI is InChI=1S/4C25H54P.4FH/c4*1-5-9-10-11-12-13-14-15-16-17-18-19-20-21-25-26(22-6-2,23-7-3)24-8-4;;;;/h4*5-25H2,1-4H3;4*1H/q4*+1;;;;/p-4. The highest BCUT2D eigenvalue weighted by atomic mass is 31.2. The molecule has 0 aromatic rings. The Morgan fingerprint density at radius 2 is 0.157 bits per heavy atom. The zero-order valence-corrected chi connectivity index (χ0v) is 82.3. The summed E-state index contributed by atoms with van der Waals surface area (Å²) in [6.45, 7) is 38.1. The number of hydrogen-bond acceptors (Lipinski definition) is 0. The second-order valence-corrected chi connectivity index (χ2v) is 53.2. The normalized spacial score (nSPS) is 11.6. The van der Waals surface area contributed by atoms with E-state index in [0.717, 1.165) is 0 Å². The van der Waals surface area contributed by atoms with Gasteiger partial charge in [0.15, 0.2) is 0 Å². The first-order valence-electron chi connectivity index (χ1n) is 50.4. The topological polar surface area (TPSA) is 0 Å². The van der Waals surface area contributed by atoms with Crippen molar-refractivity contribution in [2.75, 3.05) is 98.6 Å². The van der Waals surface area contributed by atoms with E-state index < -0.39 is 29.0 Å². The van der Waals surface area contributed by atoms with Crippen LogP contribution in [0.4, 0.5) is 0 Å². The third-order valence-electron chi connectivity index (χ3n) is 24.3. The molecule has 0 saturated carbocycles. The molecule has 0 atom stereocenters. The molecule has 0 heterocycles. The second-order valence-electron chi connectivity index (χ2n) is 35.3. The van der Waals surface area contributed by atoms with Crippen molar-refractivity contribution in [3.63, 3.8) is 0 Å². The largest absolute Gasteiger partial charge is 1.00 e. The number of unbranched alkanes of at least 4 members (excludes halogenated alkanes) is 52. The van der Waals surface area contributed by atoms with Gasteiger partial charge in [-0.25, -0.2) is 0 Å². The summed E-state index contributed by atoms with van der Waals surface area (Å²) < 4.78 is 0. The predicted octanol–water partition coefficient (Wildman–Crippen LogP) is 26.9. The lowest BCUT2D eigenvalue weighted by Crippen LogP contribution is -3.00. The van der Waals surface area contributed by atoms with Crippen molar-refractivity contribution in [2.45, 2.75) is 547 Å². The molecule has 0 nitrogen and oxygen atoms in total. The molecule has 0 aliphatic rings. The van der Waals surface area contributed by atoms with Gasteiger partial charge in [-0.2, -0.15) is 0 Å². The van der Waals surface area contributed by atoms with Crippen molar-refractivity contribution in [2.24, 2.45) is 0 Å². The van der Waals surface area contributed by atoms with E-state index >= 15 is 0 Å². The van der Waals surface area contributed by atoms with Gasteiger partial charge in [0, 0.05) is 29.0 Å². The van der Waals surface area contributed by atoms with Crippen molar-refractivity contribution in [3.8, 4) is 0 Å². The molecule has 0 aliphatic carbocycles. The van der Waals surface area contributed by atoms with Gasteiger partial charge in [-0.05, 0) is 128 Å². The van der Waals surface area contributed by atoms with E-state index in [0.29, 0.717) is 0 Å². The maximum Gasteiger partial charge on any atom is 0.0594 e. The van der Waals surface area contributed by atoms with Crippen LogP contribution in [0.5, 0.6) is 0 Å². The highest BCUT2D eigenvalue weighted by Crippen LogP contribution is 2.63. The van der Waals surface area contributed by atoms with E-state index in [1.165, 1.54) is 437 Å². The van der Waals surface area contributed by atoms with Crippen LogP contribution >= 0.6 is 29.0 Å². The molecule has 0 N–H and O–H groups in total. The van der Waals surface area contributed by atoms with Crippen molar-refractivity contribution in [3.05, 3.63) is 0 Å². The Hall–Kier alpha value is 1.44. The van der Waals surface area contributed by atoms with Gasteiger partial charge in [0.25, 0.3) is 0 Å². The Balaban J connectivity index is -0.000000203. The average molecular weight is 1620 g/mol. The fraction of sp³-hybridized carbons (Fsp3) is 1.00. The van der Waals surface area contributed by atoms with Crippen LogP contribution in [-0.4, -0.2) is 98.6 Å². The van der Waals surface area contributed by atoms with Crippen molar-refractivity contribution >= 4 is 29.0 Å². The number of halogens is 4. The van der Waals surface area contributed by atoms with Gasteiger partial charge >= 0.3 is 0 Å². The van der Waals surface area contributed by atoms with Crippen LogP contribution in [-0.2, 0) is 0 Å². The van der Waals surface area contributed by atoms with Crippen LogP contribution in [0, 0.1) is 0 Å². The highest BCUT2D eigenvalue weighted by molar-refractivity contribution is 7.76. The molecule has 8 heteroatoms. The quantitative estimate of drug-likeness (QED) is 0.0323. The minimum absolute atomic E-state index is 0. The van der Waals surface area contributed by atoms with E-state index in [1.54, 1.807) is 98.6 Å².